The number of aryl methyl sites for hydroxylation is 1. The van der Waals surface area contributed by atoms with E-state index in [0.29, 0.717) is 18.0 Å². The molecule has 0 saturated carbocycles. The van der Waals surface area contributed by atoms with Gasteiger partial charge in [-0.25, -0.2) is 9.67 Å². The molecule has 0 unspecified atom stereocenters. The molecular formula is C19H20N4O2. The van der Waals surface area contributed by atoms with Crippen LogP contribution in [-0.2, 0) is 6.54 Å². The van der Waals surface area contributed by atoms with Gasteiger partial charge in [-0.3, -0.25) is 4.79 Å². The van der Waals surface area contributed by atoms with Gasteiger partial charge in [0.15, 0.2) is 0 Å². The summed E-state index contributed by atoms with van der Waals surface area (Å²) in [4.78, 5) is 16.4. The minimum Gasteiger partial charge on any atom is -0.481 e. The summed E-state index contributed by atoms with van der Waals surface area (Å²) < 4.78 is 6.90. The Morgan fingerprint density at radius 2 is 1.92 bits per heavy atom. The topological polar surface area (TPSA) is 69.0 Å². The first-order valence-electron chi connectivity index (χ1n) is 7.99. The van der Waals surface area contributed by atoms with E-state index in [9.17, 15) is 4.79 Å². The molecule has 3 rings (SSSR count). The van der Waals surface area contributed by atoms with Crippen molar-refractivity contribution in [1.82, 2.24) is 20.1 Å². The third kappa shape index (κ3) is 3.52. The predicted octanol–water partition coefficient (Wildman–Crippen LogP) is 2.82. The van der Waals surface area contributed by atoms with Gasteiger partial charge in [0, 0.05) is 30.1 Å². The predicted molar refractivity (Wildman–Crippen MR) is 95.0 cm³/mol. The monoisotopic (exact) mass is 336 g/mol. The summed E-state index contributed by atoms with van der Waals surface area (Å²) in [7, 11) is 1.54. The van der Waals surface area contributed by atoms with Gasteiger partial charge in [-0.05, 0) is 32.0 Å². The molecule has 2 heterocycles. The van der Waals surface area contributed by atoms with E-state index in [-0.39, 0.29) is 5.91 Å². The molecular weight excluding hydrogens is 316 g/mol. The van der Waals surface area contributed by atoms with Crippen LogP contribution in [0.25, 0.3) is 5.69 Å². The number of para-hydroxylation sites is 1. The number of carbonyl (C=O) groups is 1. The van der Waals surface area contributed by atoms with Gasteiger partial charge in [-0.1, -0.05) is 18.2 Å². The van der Waals surface area contributed by atoms with Crippen LogP contribution in [0.5, 0.6) is 5.88 Å². The van der Waals surface area contributed by atoms with Gasteiger partial charge >= 0.3 is 0 Å². The molecule has 6 nitrogen and oxygen atoms in total. The molecule has 25 heavy (non-hydrogen) atoms. The first kappa shape index (κ1) is 16.7. The minimum absolute atomic E-state index is 0.179. The second-order valence-electron chi connectivity index (χ2n) is 5.67. The zero-order valence-corrected chi connectivity index (χ0v) is 14.5. The zero-order valence-electron chi connectivity index (χ0n) is 14.5. The van der Waals surface area contributed by atoms with Gasteiger partial charge in [-0.15, -0.1) is 0 Å². The highest BCUT2D eigenvalue weighted by molar-refractivity contribution is 5.93. The number of nitrogens with one attached hydrogen (secondary N) is 1. The van der Waals surface area contributed by atoms with E-state index < -0.39 is 0 Å². The van der Waals surface area contributed by atoms with Crippen molar-refractivity contribution in [3.8, 4) is 11.6 Å². The molecule has 0 aliphatic carbocycles. The lowest BCUT2D eigenvalue weighted by molar-refractivity contribution is 0.0950. The van der Waals surface area contributed by atoms with Crippen LogP contribution in [0.3, 0.4) is 0 Å². The molecule has 2 aromatic heterocycles. The van der Waals surface area contributed by atoms with Crippen LogP contribution in [0.15, 0.2) is 48.7 Å². The minimum atomic E-state index is -0.179. The van der Waals surface area contributed by atoms with Crippen LogP contribution in [0, 0.1) is 13.8 Å². The Hall–Kier alpha value is -3.15. The number of rotatable bonds is 5. The second kappa shape index (κ2) is 7.17. The van der Waals surface area contributed by atoms with Crippen LogP contribution in [0.4, 0.5) is 0 Å². The molecule has 1 amide bonds. The van der Waals surface area contributed by atoms with Crippen molar-refractivity contribution >= 4 is 5.91 Å². The molecule has 0 bridgehead atoms. The third-order valence-electron chi connectivity index (χ3n) is 4.08. The summed E-state index contributed by atoms with van der Waals surface area (Å²) in [5.74, 6) is 0.300. The summed E-state index contributed by atoms with van der Waals surface area (Å²) in [5.41, 5.74) is 4.41. The Labute approximate surface area is 146 Å². The maximum atomic E-state index is 12.3. The van der Waals surface area contributed by atoms with E-state index in [2.05, 4.69) is 15.4 Å². The Kier molecular flexibility index (Phi) is 4.79. The van der Waals surface area contributed by atoms with Crippen molar-refractivity contribution in [1.29, 1.82) is 0 Å². The fourth-order valence-electron chi connectivity index (χ4n) is 2.66. The van der Waals surface area contributed by atoms with E-state index in [4.69, 9.17) is 4.74 Å². The Morgan fingerprint density at radius 3 is 2.56 bits per heavy atom. The van der Waals surface area contributed by atoms with E-state index in [1.165, 1.54) is 13.3 Å². The number of pyridine rings is 1. The SMILES string of the molecule is COc1ccc(C(=O)NCc2c(C)nn(-c3ccccc3)c2C)cn1. The summed E-state index contributed by atoms with van der Waals surface area (Å²) in [6.45, 7) is 4.36. The lowest BCUT2D eigenvalue weighted by Gasteiger charge is -2.07. The molecule has 128 valence electrons. The maximum Gasteiger partial charge on any atom is 0.253 e. The average molecular weight is 336 g/mol. The zero-order chi connectivity index (χ0) is 17.8. The highest BCUT2D eigenvalue weighted by atomic mass is 16.5. The van der Waals surface area contributed by atoms with Crippen molar-refractivity contribution in [3.63, 3.8) is 0 Å². The number of methoxy groups -OCH3 is 1. The highest BCUT2D eigenvalue weighted by Gasteiger charge is 2.14. The highest BCUT2D eigenvalue weighted by Crippen LogP contribution is 2.18. The Bertz CT molecular complexity index is 870. The van der Waals surface area contributed by atoms with Gasteiger partial charge < -0.3 is 10.1 Å². The van der Waals surface area contributed by atoms with E-state index in [1.54, 1.807) is 12.1 Å². The van der Waals surface area contributed by atoms with Gasteiger partial charge in [0.05, 0.1) is 24.1 Å². The van der Waals surface area contributed by atoms with E-state index in [0.717, 1.165) is 22.6 Å². The Morgan fingerprint density at radius 1 is 1.16 bits per heavy atom. The summed E-state index contributed by atoms with van der Waals surface area (Å²) in [5, 5.41) is 7.52. The van der Waals surface area contributed by atoms with Crippen molar-refractivity contribution in [2.45, 2.75) is 20.4 Å². The molecule has 0 aliphatic rings. The van der Waals surface area contributed by atoms with Crippen LogP contribution in [0.1, 0.15) is 27.3 Å². The van der Waals surface area contributed by atoms with Crippen molar-refractivity contribution in [2.24, 2.45) is 0 Å². The maximum absolute atomic E-state index is 12.3. The lowest BCUT2D eigenvalue weighted by atomic mass is 10.2. The van der Waals surface area contributed by atoms with Gasteiger partial charge in [0.1, 0.15) is 0 Å². The van der Waals surface area contributed by atoms with Gasteiger partial charge in [0.25, 0.3) is 5.91 Å². The molecule has 0 radical (unpaired) electrons. The number of amides is 1. The number of benzene rings is 1. The summed E-state index contributed by atoms with van der Waals surface area (Å²) >= 11 is 0. The van der Waals surface area contributed by atoms with Crippen molar-refractivity contribution in [3.05, 3.63) is 71.2 Å². The number of nitrogens with zero attached hydrogens (tertiary/aromatic N) is 3. The largest absolute Gasteiger partial charge is 0.481 e. The fourth-order valence-corrected chi connectivity index (χ4v) is 2.66. The summed E-state index contributed by atoms with van der Waals surface area (Å²) in [6.07, 6.45) is 1.50. The number of aromatic nitrogens is 3. The van der Waals surface area contributed by atoms with Crippen molar-refractivity contribution < 1.29 is 9.53 Å². The van der Waals surface area contributed by atoms with Crippen LogP contribution in [-0.4, -0.2) is 27.8 Å². The number of carbonyl (C=O) groups excluding carboxylic acids is 1. The molecule has 0 saturated heterocycles. The van der Waals surface area contributed by atoms with Gasteiger partial charge in [0.2, 0.25) is 5.88 Å². The molecule has 6 heteroatoms. The molecule has 0 spiro atoms. The molecule has 0 atom stereocenters. The number of hydrogen-bond acceptors (Lipinski definition) is 4. The average Bonchev–Trinajstić information content (AvgIpc) is 2.94. The standard InChI is InChI=1S/C19H20N4O2/c1-13-17(14(2)23(22-13)16-7-5-4-6-8-16)12-21-19(24)15-9-10-18(25-3)20-11-15/h4-11H,12H2,1-3H3,(H,21,24). The molecule has 3 aromatic rings. The van der Waals surface area contributed by atoms with E-state index >= 15 is 0 Å². The molecule has 1 N–H and O–H groups in total. The van der Waals surface area contributed by atoms with Crippen molar-refractivity contribution in [2.75, 3.05) is 7.11 Å². The number of ether oxygens (including phenoxy) is 1. The molecule has 0 aliphatic heterocycles. The Balaban J connectivity index is 1.75. The van der Waals surface area contributed by atoms with Gasteiger partial charge in [-0.2, -0.15) is 5.10 Å². The normalized spacial score (nSPS) is 10.5. The molecule has 1 aromatic carbocycles. The second-order valence-corrected chi connectivity index (χ2v) is 5.67. The first-order valence-corrected chi connectivity index (χ1v) is 7.99. The van der Waals surface area contributed by atoms with Crippen LogP contribution >= 0.6 is 0 Å². The van der Waals surface area contributed by atoms with Crippen LogP contribution < -0.4 is 10.1 Å². The smallest absolute Gasteiger partial charge is 0.253 e. The quantitative estimate of drug-likeness (QED) is 0.778. The van der Waals surface area contributed by atoms with Crippen LogP contribution in [0.2, 0.25) is 0 Å². The third-order valence-corrected chi connectivity index (χ3v) is 4.08. The van der Waals surface area contributed by atoms with E-state index in [1.807, 2.05) is 48.9 Å². The summed E-state index contributed by atoms with van der Waals surface area (Å²) in [6, 6.07) is 13.3. The molecule has 0 fully saturated rings. The lowest BCUT2D eigenvalue weighted by Crippen LogP contribution is -2.23. The first-order chi connectivity index (χ1) is 12.1. The fraction of sp³-hybridized carbons (Fsp3) is 0.211. The number of hydrogen-bond donors (Lipinski definition) is 1.